The second-order valence-corrected chi connectivity index (χ2v) is 5.44. The maximum Gasteiger partial charge on any atom is 0.288 e. The molecule has 0 fully saturated rings. The maximum absolute atomic E-state index is 2.42. The number of hydrogen-bond acceptors (Lipinski definition) is 0. The third kappa shape index (κ3) is 3.72. The van der Waals surface area contributed by atoms with Gasteiger partial charge in [0, 0.05) is 0 Å². The monoisotopic (exact) mass is 271 g/mol. The maximum atomic E-state index is 2.42. The minimum Gasteiger partial charge on any atom is -0.230 e. The molecule has 1 heterocycles. The van der Waals surface area contributed by atoms with Crippen LogP contribution in [0.2, 0.25) is 0 Å². The van der Waals surface area contributed by atoms with Gasteiger partial charge in [0.1, 0.15) is 12.4 Å². The van der Waals surface area contributed by atoms with E-state index in [-0.39, 0.29) is 0 Å². The third-order valence-corrected chi connectivity index (χ3v) is 3.76. The summed E-state index contributed by atoms with van der Waals surface area (Å²) in [5.41, 5.74) is 1.32. The molecule has 0 saturated heterocycles. The van der Waals surface area contributed by atoms with Crippen molar-refractivity contribution in [3.8, 4) is 11.4 Å². The van der Waals surface area contributed by atoms with Gasteiger partial charge in [-0.2, -0.15) is 0 Å². The number of rotatable bonds is 8. The van der Waals surface area contributed by atoms with Crippen molar-refractivity contribution in [3.05, 3.63) is 42.7 Å². The molecule has 0 bridgehead atoms. The van der Waals surface area contributed by atoms with E-state index in [9.17, 15) is 0 Å². The Morgan fingerprint density at radius 2 is 1.70 bits per heavy atom. The van der Waals surface area contributed by atoms with E-state index in [2.05, 4.69) is 65.7 Å². The number of imidazole rings is 1. The molecule has 2 nitrogen and oxygen atoms in total. The molecule has 0 radical (unpaired) electrons. The average molecular weight is 271 g/mol. The summed E-state index contributed by atoms with van der Waals surface area (Å²) in [7, 11) is 0. The van der Waals surface area contributed by atoms with E-state index in [0.717, 1.165) is 13.1 Å². The minimum absolute atomic E-state index is 1.11. The van der Waals surface area contributed by atoms with Gasteiger partial charge < -0.3 is 0 Å². The second-order valence-electron chi connectivity index (χ2n) is 5.44. The number of nitrogens with zero attached hydrogens (tertiary/aromatic N) is 2. The lowest BCUT2D eigenvalue weighted by Crippen LogP contribution is -2.34. The highest BCUT2D eigenvalue weighted by Crippen LogP contribution is 2.16. The molecule has 1 aromatic heterocycles. The van der Waals surface area contributed by atoms with E-state index in [1.165, 1.54) is 43.5 Å². The molecule has 0 amide bonds. The summed E-state index contributed by atoms with van der Waals surface area (Å²) in [4.78, 5) is 0. The number of unbranched alkanes of at least 4 members (excludes halogenated alkanes) is 3. The molecule has 0 aliphatic rings. The van der Waals surface area contributed by atoms with Gasteiger partial charge in [0.05, 0.1) is 18.7 Å². The summed E-state index contributed by atoms with van der Waals surface area (Å²) in [5, 5.41) is 0. The fourth-order valence-corrected chi connectivity index (χ4v) is 2.61. The molecule has 0 saturated carbocycles. The fraction of sp³-hybridized carbons (Fsp3) is 0.500. The number of aromatic nitrogens is 2. The summed E-state index contributed by atoms with van der Waals surface area (Å²) in [5.74, 6) is 1.36. The molecule has 20 heavy (non-hydrogen) atoms. The van der Waals surface area contributed by atoms with Gasteiger partial charge in [-0.25, -0.2) is 9.13 Å². The van der Waals surface area contributed by atoms with Crippen molar-refractivity contribution in [3.63, 3.8) is 0 Å². The van der Waals surface area contributed by atoms with Gasteiger partial charge in [0.15, 0.2) is 0 Å². The summed E-state index contributed by atoms with van der Waals surface area (Å²) in [6.07, 6.45) is 10.8. The van der Waals surface area contributed by atoms with Crippen molar-refractivity contribution in [1.82, 2.24) is 4.57 Å². The molecule has 0 N–H and O–H groups in total. The van der Waals surface area contributed by atoms with Crippen LogP contribution < -0.4 is 4.57 Å². The minimum atomic E-state index is 1.11. The van der Waals surface area contributed by atoms with Crippen molar-refractivity contribution in [2.45, 2.75) is 59.0 Å². The SMILES string of the molecule is CCCCCn1cc[n+](CCCC)c1-c1ccccc1. The van der Waals surface area contributed by atoms with Gasteiger partial charge in [-0.3, -0.25) is 0 Å². The van der Waals surface area contributed by atoms with Crippen LogP contribution in [0.1, 0.15) is 46.0 Å². The normalized spacial score (nSPS) is 10.9. The standard InChI is InChI=1S/C18H27N2/c1-3-5-10-14-20-16-15-19(13-6-4-2)18(20)17-11-8-7-9-12-17/h7-9,11-12,15-16H,3-6,10,13-14H2,1-2H3/q+1. The van der Waals surface area contributed by atoms with Gasteiger partial charge in [0.25, 0.3) is 5.82 Å². The Morgan fingerprint density at radius 3 is 2.40 bits per heavy atom. The highest BCUT2D eigenvalue weighted by molar-refractivity contribution is 5.52. The lowest BCUT2D eigenvalue weighted by Gasteiger charge is -2.05. The zero-order chi connectivity index (χ0) is 14.2. The smallest absolute Gasteiger partial charge is 0.230 e. The molecule has 1 aromatic carbocycles. The molecule has 2 rings (SSSR count). The van der Waals surface area contributed by atoms with Gasteiger partial charge in [0.2, 0.25) is 0 Å². The Bertz CT molecular complexity index is 499. The van der Waals surface area contributed by atoms with E-state index < -0.39 is 0 Å². The van der Waals surface area contributed by atoms with E-state index in [1.807, 2.05) is 0 Å². The zero-order valence-electron chi connectivity index (χ0n) is 12.9. The molecule has 0 aliphatic carbocycles. The molecular formula is C18H27N2+. The molecule has 0 unspecified atom stereocenters. The van der Waals surface area contributed by atoms with Crippen LogP contribution in [0.25, 0.3) is 11.4 Å². The van der Waals surface area contributed by atoms with Crippen LogP contribution in [-0.2, 0) is 13.1 Å². The van der Waals surface area contributed by atoms with Crippen molar-refractivity contribution >= 4 is 0 Å². The molecule has 108 valence electrons. The largest absolute Gasteiger partial charge is 0.288 e. The molecular weight excluding hydrogens is 244 g/mol. The van der Waals surface area contributed by atoms with E-state index >= 15 is 0 Å². The summed E-state index contributed by atoms with van der Waals surface area (Å²) in [6, 6.07) is 10.8. The van der Waals surface area contributed by atoms with Crippen molar-refractivity contribution < 1.29 is 4.57 Å². The van der Waals surface area contributed by atoms with Crippen LogP contribution in [0, 0.1) is 0 Å². The van der Waals surface area contributed by atoms with Crippen LogP contribution in [-0.4, -0.2) is 4.57 Å². The first-order chi connectivity index (χ1) is 9.86. The van der Waals surface area contributed by atoms with Crippen molar-refractivity contribution in [2.24, 2.45) is 0 Å². The molecule has 0 atom stereocenters. The first kappa shape index (κ1) is 14.8. The quantitative estimate of drug-likeness (QED) is 0.496. The summed E-state index contributed by atoms with van der Waals surface area (Å²) in [6.45, 7) is 6.74. The molecule has 2 aromatic rings. The van der Waals surface area contributed by atoms with Crippen LogP contribution in [0.3, 0.4) is 0 Å². The lowest BCUT2D eigenvalue weighted by molar-refractivity contribution is -0.686. The highest BCUT2D eigenvalue weighted by atomic mass is 15.1. The van der Waals surface area contributed by atoms with Crippen LogP contribution in [0.15, 0.2) is 42.7 Å². The van der Waals surface area contributed by atoms with Crippen molar-refractivity contribution in [1.29, 1.82) is 0 Å². The Balaban J connectivity index is 2.25. The third-order valence-electron chi connectivity index (χ3n) is 3.76. The van der Waals surface area contributed by atoms with Crippen molar-refractivity contribution in [2.75, 3.05) is 0 Å². The first-order valence-electron chi connectivity index (χ1n) is 8.00. The molecule has 0 spiro atoms. The second kappa shape index (κ2) is 7.88. The predicted molar refractivity (Wildman–Crippen MR) is 84.5 cm³/mol. The zero-order valence-corrected chi connectivity index (χ0v) is 12.9. The lowest BCUT2D eigenvalue weighted by atomic mass is 10.2. The molecule has 2 heteroatoms. The summed E-state index contributed by atoms with van der Waals surface area (Å²) >= 11 is 0. The first-order valence-corrected chi connectivity index (χ1v) is 8.00. The summed E-state index contributed by atoms with van der Waals surface area (Å²) < 4.78 is 4.82. The highest BCUT2D eigenvalue weighted by Gasteiger charge is 2.18. The van der Waals surface area contributed by atoms with E-state index in [4.69, 9.17) is 0 Å². The Labute approximate surface area is 123 Å². The average Bonchev–Trinajstić information content (AvgIpc) is 2.89. The Hall–Kier alpha value is -1.57. The molecule has 0 aliphatic heterocycles. The van der Waals surface area contributed by atoms with Gasteiger partial charge >= 0.3 is 0 Å². The van der Waals surface area contributed by atoms with Crippen LogP contribution in [0.5, 0.6) is 0 Å². The Morgan fingerprint density at radius 1 is 0.950 bits per heavy atom. The number of benzene rings is 1. The van der Waals surface area contributed by atoms with Crippen LogP contribution in [0.4, 0.5) is 0 Å². The van der Waals surface area contributed by atoms with Gasteiger partial charge in [-0.1, -0.05) is 44.9 Å². The van der Waals surface area contributed by atoms with E-state index in [1.54, 1.807) is 0 Å². The predicted octanol–water partition coefficient (Wildman–Crippen LogP) is 4.43. The van der Waals surface area contributed by atoms with Gasteiger partial charge in [-0.05, 0) is 31.4 Å². The Kier molecular flexibility index (Phi) is 5.85. The van der Waals surface area contributed by atoms with Gasteiger partial charge in [-0.15, -0.1) is 0 Å². The number of aryl methyl sites for hydroxylation is 2. The van der Waals surface area contributed by atoms with E-state index in [0.29, 0.717) is 0 Å². The van der Waals surface area contributed by atoms with Crippen LogP contribution >= 0.6 is 0 Å². The number of hydrogen-bond donors (Lipinski definition) is 0. The fourth-order valence-electron chi connectivity index (χ4n) is 2.61. The topological polar surface area (TPSA) is 8.81 Å².